The average Bonchev–Trinajstić information content (AvgIpc) is 2.58. The van der Waals surface area contributed by atoms with Gasteiger partial charge in [-0.1, -0.05) is 21.5 Å². The number of allylic oxidation sites excluding steroid dienone is 2. The van der Waals surface area contributed by atoms with Gasteiger partial charge in [-0.3, -0.25) is 9.59 Å². The van der Waals surface area contributed by atoms with Gasteiger partial charge in [-0.15, -0.1) is 0 Å². The Balaban J connectivity index is 2.06. The van der Waals surface area contributed by atoms with Crippen LogP contribution in [0.4, 0.5) is 0 Å². The van der Waals surface area contributed by atoms with Crippen molar-refractivity contribution < 1.29 is 9.59 Å². The molecule has 0 heterocycles. The highest BCUT2D eigenvalue weighted by Crippen LogP contribution is 2.36. The monoisotopic (exact) mass is 270 g/mol. The average molecular weight is 271 g/mol. The molecule has 0 aromatic heterocycles. The van der Waals surface area contributed by atoms with Crippen LogP contribution in [-0.4, -0.2) is 11.6 Å². The molecule has 2 aliphatic carbocycles. The van der Waals surface area contributed by atoms with E-state index in [1.54, 1.807) is 0 Å². The number of ketones is 2. The third-order valence-corrected chi connectivity index (χ3v) is 4.29. The van der Waals surface area contributed by atoms with Crippen LogP contribution in [0.15, 0.2) is 10.1 Å². The highest BCUT2D eigenvalue weighted by atomic mass is 79.9. The van der Waals surface area contributed by atoms with Crippen LogP contribution in [-0.2, 0) is 9.59 Å². The van der Waals surface area contributed by atoms with Crippen LogP contribution >= 0.6 is 15.9 Å². The lowest BCUT2D eigenvalue weighted by Gasteiger charge is -2.19. The van der Waals surface area contributed by atoms with Gasteiger partial charge in [0, 0.05) is 12.8 Å². The van der Waals surface area contributed by atoms with Gasteiger partial charge in [0.1, 0.15) is 11.6 Å². The van der Waals surface area contributed by atoms with Crippen molar-refractivity contribution in [3.05, 3.63) is 10.1 Å². The van der Waals surface area contributed by atoms with E-state index in [0.29, 0.717) is 19.3 Å². The van der Waals surface area contributed by atoms with Gasteiger partial charge in [0.05, 0.1) is 5.92 Å². The first-order valence-corrected chi connectivity index (χ1v) is 6.39. The Morgan fingerprint density at radius 3 is 2.13 bits per heavy atom. The highest BCUT2D eigenvalue weighted by Gasteiger charge is 2.31. The fourth-order valence-corrected chi connectivity index (χ4v) is 3.06. The molecule has 0 aliphatic heterocycles. The molecule has 0 aromatic rings. The Kier molecular flexibility index (Phi) is 3.39. The van der Waals surface area contributed by atoms with Crippen molar-refractivity contribution >= 4 is 27.5 Å². The fourth-order valence-electron chi connectivity index (χ4n) is 2.42. The van der Waals surface area contributed by atoms with Crippen LogP contribution in [0.1, 0.15) is 44.9 Å². The molecule has 0 spiro atoms. The lowest BCUT2D eigenvalue weighted by atomic mass is 9.82. The molecule has 82 valence electrons. The van der Waals surface area contributed by atoms with Gasteiger partial charge in [0.25, 0.3) is 0 Å². The molecule has 0 N–H and O–H groups in total. The van der Waals surface area contributed by atoms with Gasteiger partial charge >= 0.3 is 0 Å². The molecule has 15 heavy (non-hydrogen) atoms. The summed E-state index contributed by atoms with van der Waals surface area (Å²) in [6, 6.07) is 0. The quantitative estimate of drug-likeness (QED) is 0.723. The predicted octanol–water partition coefficient (Wildman–Crippen LogP) is 3.15. The molecule has 1 saturated carbocycles. The van der Waals surface area contributed by atoms with Crippen LogP contribution in [0.2, 0.25) is 0 Å². The highest BCUT2D eigenvalue weighted by molar-refractivity contribution is 9.11. The van der Waals surface area contributed by atoms with Crippen LogP contribution in [0.5, 0.6) is 0 Å². The van der Waals surface area contributed by atoms with E-state index in [0.717, 1.165) is 25.7 Å². The Morgan fingerprint density at radius 1 is 1.00 bits per heavy atom. The van der Waals surface area contributed by atoms with Gasteiger partial charge < -0.3 is 0 Å². The molecule has 0 radical (unpaired) electrons. The zero-order valence-electron chi connectivity index (χ0n) is 8.72. The van der Waals surface area contributed by atoms with Crippen LogP contribution < -0.4 is 0 Å². The summed E-state index contributed by atoms with van der Waals surface area (Å²) in [5, 5.41) is 0. The molecule has 0 atom stereocenters. The summed E-state index contributed by atoms with van der Waals surface area (Å²) in [6.07, 6.45) is 5.92. The molecule has 0 unspecified atom stereocenters. The van der Waals surface area contributed by atoms with E-state index in [-0.39, 0.29) is 17.5 Å². The van der Waals surface area contributed by atoms with Crippen molar-refractivity contribution in [3.63, 3.8) is 0 Å². The molecule has 2 nitrogen and oxygen atoms in total. The molecular weight excluding hydrogens is 256 g/mol. The van der Waals surface area contributed by atoms with Gasteiger partial charge in [-0.2, -0.15) is 0 Å². The molecule has 2 aliphatic rings. The number of rotatable bonds is 2. The van der Waals surface area contributed by atoms with Crippen LogP contribution in [0.25, 0.3) is 0 Å². The Bertz CT molecular complexity index is 315. The van der Waals surface area contributed by atoms with E-state index in [2.05, 4.69) is 15.9 Å². The van der Waals surface area contributed by atoms with Crippen molar-refractivity contribution in [3.8, 4) is 0 Å². The van der Waals surface area contributed by atoms with Gasteiger partial charge in [-0.05, 0) is 36.6 Å². The smallest absolute Gasteiger partial charge is 0.143 e. The molecule has 0 aromatic carbocycles. The zero-order valence-corrected chi connectivity index (χ0v) is 10.3. The van der Waals surface area contributed by atoms with Gasteiger partial charge in [0.15, 0.2) is 0 Å². The molecule has 1 fully saturated rings. The number of halogens is 1. The maximum absolute atomic E-state index is 11.6. The van der Waals surface area contributed by atoms with E-state index < -0.39 is 0 Å². The lowest BCUT2D eigenvalue weighted by Crippen LogP contribution is -2.28. The Hall–Kier alpha value is -0.440. The van der Waals surface area contributed by atoms with Crippen molar-refractivity contribution in [2.24, 2.45) is 5.92 Å². The third-order valence-electron chi connectivity index (χ3n) is 3.33. The van der Waals surface area contributed by atoms with Crippen molar-refractivity contribution in [2.45, 2.75) is 44.9 Å². The fraction of sp³-hybridized carbons (Fsp3) is 0.667. The van der Waals surface area contributed by atoms with E-state index in [4.69, 9.17) is 0 Å². The molecule has 2 rings (SSSR count). The predicted molar refractivity (Wildman–Crippen MR) is 61.8 cm³/mol. The van der Waals surface area contributed by atoms with E-state index >= 15 is 0 Å². The first-order valence-electron chi connectivity index (χ1n) is 5.60. The van der Waals surface area contributed by atoms with Crippen LogP contribution in [0, 0.1) is 5.92 Å². The van der Waals surface area contributed by atoms with Crippen LogP contribution in [0.3, 0.4) is 0 Å². The summed E-state index contributed by atoms with van der Waals surface area (Å²) in [4.78, 5) is 23.3. The first kappa shape index (κ1) is 11.1. The molecule has 0 saturated heterocycles. The second-order valence-electron chi connectivity index (χ2n) is 4.40. The van der Waals surface area contributed by atoms with E-state index in [1.807, 2.05) is 0 Å². The summed E-state index contributed by atoms with van der Waals surface area (Å²) < 4.78 is 1.23. The third kappa shape index (κ3) is 2.39. The summed E-state index contributed by atoms with van der Waals surface area (Å²) in [7, 11) is 0. The minimum Gasteiger partial charge on any atom is -0.299 e. The lowest BCUT2D eigenvalue weighted by molar-refractivity contribution is -0.135. The summed E-state index contributed by atoms with van der Waals surface area (Å²) >= 11 is 3.53. The normalized spacial score (nSPS) is 24.1. The second-order valence-corrected chi connectivity index (χ2v) is 5.36. The summed E-state index contributed by atoms with van der Waals surface area (Å²) in [6.45, 7) is 0. The number of hydrogen-bond donors (Lipinski definition) is 0. The minimum atomic E-state index is -0.320. The topological polar surface area (TPSA) is 34.1 Å². The standard InChI is InChI=1S/C12H15BrO2/c13-10-4-1-3-8(10)7-9-11(14)5-2-6-12(9)15/h9H,1-7H2. The summed E-state index contributed by atoms with van der Waals surface area (Å²) in [5.74, 6) is -0.00343. The number of hydrogen-bond acceptors (Lipinski definition) is 2. The first-order chi connectivity index (χ1) is 7.18. The molecule has 0 bridgehead atoms. The Morgan fingerprint density at radius 2 is 1.60 bits per heavy atom. The van der Waals surface area contributed by atoms with E-state index in [1.165, 1.54) is 10.1 Å². The van der Waals surface area contributed by atoms with Crippen molar-refractivity contribution in [2.75, 3.05) is 0 Å². The SMILES string of the molecule is O=C1CCCC(=O)C1CC1=C(Br)CCC1. The number of carbonyl (C=O) groups excluding carboxylic acids is 2. The summed E-state index contributed by atoms with van der Waals surface area (Å²) in [5.41, 5.74) is 1.30. The molecule has 3 heteroatoms. The van der Waals surface area contributed by atoms with Crippen molar-refractivity contribution in [1.29, 1.82) is 0 Å². The largest absolute Gasteiger partial charge is 0.299 e. The maximum Gasteiger partial charge on any atom is 0.143 e. The van der Waals surface area contributed by atoms with Gasteiger partial charge in [-0.25, -0.2) is 0 Å². The van der Waals surface area contributed by atoms with Crippen molar-refractivity contribution in [1.82, 2.24) is 0 Å². The number of carbonyl (C=O) groups is 2. The Labute approximate surface area is 98.2 Å². The van der Waals surface area contributed by atoms with E-state index in [9.17, 15) is 9.59 Å². The molecule has 0 amide bonds. The zero-order chi connectivity index (χ0) is 10.8. The molecular formula is C12H15BrO2. The van der Waals surface area contributed by atoms with Gasteiger partial charge in [0.2, 0.25) is 0 Å². The number of Topliss-reactive ketones (excluding diaryl/α,β-unsaturated/α-hetero) is 2. The maximum atomic E-state index is 11.6. The minimum absolute atomic E-state index is 0.158. The second kappa shape index (κ2) is 4.60.